The molecule has 1 heterocycles. The van der Waals surface area contributed by atoms with E-state index < -0.39 is 5.92 Å². The second-order valence-electron chi connectivity index (χ2n) is 3.68. The maximum absolute atomic E-state index is 11.7. The molecule has 1 aromatic rings. The molecule has 0 unspecified atom stereocenters. The normalized spacial score (nSPS) is 11.8. The van der Waals surface area contributed by atoms with Gasteiger partial charge in [-0.1, -0.05) is 41.8 Å². The second-order valence-corrected chi connectivity index (χ2v) is 7.22. The number of nitrogens with one attached hydrogen (secondary N) is 1. The van der Waals surface area contributed by atoms with Crippen molar-refractivity contribution in [2.24, 2.45) is 5.92 Å². The van der Waals surface area contributed by atoms with Crippen molar-refractivity contribution in [3.05, 3.63) is 0 Å². The van der Waals surface area contributed by atoms with Gasteiger partial charge in [-0.25, -0.2) is 0 Å². The van der Waals surface area contributed by atoms with Crippen molar-refractivity contribution >= 4 is 46.4 Å². The van der Waals surface area contributed by atoms with E-state index in [-0.39, 0.29) is 17.2 Å². The summed E-state index contributed by atoms with van der Waals surface area (Å²) in [6.07, 6.45) is 1.08. The van der Waals surface area contributed by atoms with E-state index in [1.807, 2.05) is 6.07 Å². The Labute approximate surface area is 124 Å². The molecule has 0 bridgehead atoms. The van der Waals surface area contributed by atoms with Crippen LogP contribution in [0.25, 0.3) is 0 Å². The van der Waals surface area contributed by atoms with Crippen LogP contribution in [0, 0.1) is 22.7 Å². The average molecular weight is 314 g/mol. The summed E-state index contributed by atoms with van der Waals surface area (Å²) in [5, 5.41) is 24.2. The average Bonchev–Trinajstić information content (AvgIpc) is 2.82. The van der Waals surface area contributed by atoms with Gasteiger partial charge in [0.05, 0.1) is 11.8 Å². The maximum atomic E-state index is 11.7. The molecule has 0 spiro atoms. The number of hydrogen-bond donors (Lipinski definition) is 1. The van der Waals surface area contributed by atoms with E-state index in [2.05, 4.69) is 17.1 Å². The number of carbonyl (C=O) groups is 1. The highest BCUT2D eigenvalue weighted by atomic mass is 32.2. The van der Waals surface area contributed by atoms with E-state index in [0.717, 1.165) is 20.9 Å². The number of carbonyl (C=O) groups excluding carboxylic acids is 1. The van der Waals surface area contributed by atoms with Crippen LogP contribution in [0.3, 0.4) is 0 Å². The Balaban J connectivity index is 2.48. The molecule has 8 heteroatoms. The van der Waals surface area contributed by atoms with Crippen molar-refractivity contribution in [2.45, 2.75) is 28.9 Å². The van der Waals surface area contributed by atoms with Crippen LogP contribution < -0.4 is 0 Å². The first kappa shape index (κ1) is 16.1. The topological polar surface area (TPSA) is 90.5 Å². The van der Waals surface area contributed by atoms with Crippen LogP contribution in [0.2, 0.25) is 0 Å². The molecule has 0 fully saturated rings. The molecule has 5 nitrogen and oxygen atoms in total. The predicted molar refractivity (Wildman–Crippen MR) is 79.2 cm³/mol. The van der Waals surface area contributed by atoms with Crippen molar-refractivity contribution in [3.8, 4) is 6.07 Å². The zero-order valence-corrected chi connectivity index (χ0v) is 13.1. The molecule has 0 aromatic carbocycles. The van der Waals surface area contributed by atoms with Crippen molar-refractivity contribution in [2.75, 3.05) is 11.5 Å². The third-order valence-corrected chi connectivity index (χ3v) is 5.46. The summed E-state index contributed by atoms with van der Waals surface area (Å²) >= 11 is 4.39. The quantitative estimate of drug-likeness (QED) is 0.586. The number of nitriles is 1. The van der Waals surface area contributed by atoms with Crippen molar-refractivity contribution in [1.82, 2.24) is 10.2 Å². The smallest absolute Gasteiger partial charge is 0.175 e. The minimum atomic E-state index is -0.936. The monoisotopic (exact) mass is 314 g/mol. The van der Waals surface area contributed by atoms with Gasteiger partial charge >= 0.3 is 0 Å². The Hall–Kier alpha value is -0.910. The number of Topliss-reactive ketones (excluding diaryl/α,β-unsaturated/α-hetero) is 1. The number of ketones is 1. The second kappa shape index (κ2) is 8.30. The number of nitrogens with zero attached hydrogens (tertiary/aromatic N) is 3. The van der Waals surface area contributed by atoms with E-state index in [1.165, 1.54) is 30.0 Å². The maximum Gasteiger partial charge on any atom is 0.175 e. The summed E-state index contributed by atoms with van der Waals surface area (Å²) in [4.78, 5) is 11.7. The summed E-state index contributed by atoms with van der Waals surface area (Å²) in [5.41, 5.74) is 0.0876. The molecule has 0 amide bonds. The lowest BCUT2D eigenvalue weighted by Gasteiger charge is -2.03. The third-order valence-electron chi connectivity index (χ3n) is 2.04. The summed E-state index contributed by atoms with van der Waals surface area (Å²) in [6.45, 7) is 3.57. The lowest BCUT2D eigenvalue weighted by molar-refractivity contribution is -0.117. The minimum Gasteiger partial charge on any atom is -0.308 e. The third kappa shape index (κ3) is 5.30. The van der Waals surface area contributed by atoms with E-state index in [9.17, 15) is 4.79 Å². The van der Waals surface area contributed by atoms with Gasteiger partial charge in [0.25, 0.3) is 0 Å². The Morgan fingerprint density at radius 1 is 1.47 bits per heavy atom. The van der Waals surface area contributed by atoms with Gasteiger partial charge in [-0.05, 0) is 13.3 Å². The first-order valence-electron chi connectivity index (χ1n) is 5.65. The number of thioether (sulfide) groups is 2. The molecule has 1 N–H and O–H groups in total. The molecule has 19 heavy (non-hydrogen) atoms. The largest absolute Gasteiger partial charge is 0.308 e. The SMILES string of the molecule is CCCSc1nnc(SCC(=O)[C@@H](C#N)C(C)=N)s1. The lowest BCUT2D eigenvalue weighted by Crippen LogP contribution is -2.21. The highest BCUT2D eigenvalue weighted by Gasteiger charge is 2.20. The molecule has 1 atom stereocenters. The molecule has 0 aliphatic heterocycles. The van der Waals surface area contributed by atoms with Gasteiger partial charge in [0.1, 0.15) is 5.92 Å². The van der Waals surface area contributed by atoms with E-state index >= 15 is 0 Å². The Morgan fingerprint density at radius 3 is 2.63 bits per heavy atom. The summed E-state index contributed by atoms with van der Waals surface area (Å²) in [5.74, 6) is -0.0317. The molecule has 0 saturated carbocycles. The highest BCUT2D eigenvalue weighted by molar-refractivity contribution is 8.03. The number of aromatic nitrogens is 2. The van der Waals surface area contributed by atoms with Crippen LogP contribution in [0.4, 0.5) is 0 Å². The lowest BCUT2D eigenvalue weighted by atomic mass is 10.0. The van der Waals surface area contributed by atoms with Gasteiger partial charge in [-0.3, -0.25) is 4.79 Å². The Bertz CT molecular complexity index is 494. The number of hydrogen-bond acceptors (Lipinski definition) is 8. The Kier molecular flexibility index (Phi) is 7.05. The van der Waals surface area contributed by atoms with Gasteiger partial charge in [0.15, 0.2) is 14.5 Å². The molecular weight excluding hydrogens is 300 g/mol. The van der Waals surface area contributed by atoms with Gasteiger partial charge in [-0.2, -0.15) is 5.26 Å². The summed E-state index contributed by atoms with van der Waals surface area (Å²) < 4.78 is 1.63. The van der Waals surface area contributed by atoms with Crippen LogP contribution >= 0.6 is 34.9 Å². The molecule has 1 rings (SSSR count). The Morgan fingerprint density at radius 2 is 2.11 bits per heavy atom. The zero-order chi connectivity index (χ0) is 14.3. The predicted octanol–water partition coefficient (Wildman–Crippen LogP) is 2.88. The standard InChI is InChI=1S/C11H14N4OS3/c1-3-4-17-10-14-15-11(19-10)18-6-9(16)8(5-12)7(2)13/h8,13H,3-4,6H2,1-2H3/t8-/m0/s1. The van der Waals surface area contributed by atoms with Crippen LogP contribution in [-0.2, 0) is 4.79 Å². The van der Waals surface area contributed by atoms with Crippen LogP contribution in [0.5, 0.6) is 0 Å². The van der Waals surface area contributed by atoms with E-state index in [0.29, 0.717) is 0 Å². The zero-order valence-electron chi connectivity index (χ0n) is 10.7. The molecule has 0 aliphatic rings. The van der Waals surface area contributed by atoms with E-state index in [1.54, 1.807) is 11.8 Å². The van der Waals surface area contributed by atoms with Crippen molar-refractivity contribution < 1.29 is 4.79 Å². The van der Waals surface area contributed by atoms with Crippen LogP contribution in [0.15, 0.2) is 8.68 Å². The van der Waals surface area contributed by atoms with Gasteiger partial charge in [0, 0.05) is 11.5 Å². The first-order chi connectivity index (χ1) is 9.08. The fourth-order valence-electron chi connectivity index (χ4n) is 1.13. The molecule has 1 aromatic heterocycles. The molecule has 0 saturated heterocycles. The van der Waals surface area contributed by atoms with Crippen LogP contribution in [-0.4, -0.2) is 33.2 Å². The van der Waals surface area contributed by atoms with Gasteiger partial charge < -0.3 is 5.41 Å². The molecular formula is C11H14N4OS3. The molecule has 0 radical (unpaired) electrons. The summed E-state index contributed by atoms with van der Waals surface area (Å²) in [6, 6.07) is 1.85. The summed E-state index contributed by atoms with van der Waals surface area (Å²) in [7, 11) is 0. The first-order valence-corrected chi connectivity index (χ1v) is 8.43. The number of rotatable bonds is 8. The van der Waals surface area contributed by atoms with Crippen molar-refractivity contribution in [1.29, 1.82) is 10.7 Å². The molecule has 102 valence electrons. The van der Waals surface area contributed by atoms with Crippen molar-refractivity contribution in [3.63, 3.8) is 0 Å². The fraction of sp³-hybridized carbons (Fsp3) is 0.545. The minimum absolute atomic E-state index is 0.0876. The van der Waals surface area contributed by atoms with Gasteiger partial charge in [-0.15, -0.1) is 10.2 Å². The van der Waals surface area contributed by atoms with Crippen LogP contribution in [0.1, 0.15) is 20.3 Å². The van der Waals surface area contributed by atoms with Gasteiger partial charge in [0.2, 0.25) is 0 Å². The highest BCUT2D eigenvalue weighted by Crippen LogP contribution is 2.29. The molecule has 0 aliphatic carbocycles. The van der Waals surface area contributed by atoms with E-state index in [4.69, 9.17) is 10.7 Å². The fourth-order valence-corrected chi connectivity index (χ4v) is 3.98.